The molecule has 3 nitrogen and oxygen atoms in total. The fourth-order valence-corrected chi connectivity index (χ4v) is 9.54. The molecule has 0 radical (unpaired) electrons. The van der Waals surface area contributed by atoms with Gasteiger partial charge in [-0.15, -0.1) is 0 Å². The van der Waals surface area contributed by atoms with Crippen molar-refractivity contribution in [3.63, 3.8) is 0 Å². The number of carbonyl (C=O) groups is 1. The quantitative estimate of drug-likeness (QED) is 0.212. The van der Waals surface area contributed by atoms with Crippen LogP contribution in [0.15, 0.2) is 42.5 Å². The summed E-state index contributed by atoms with van der Waals surface area (Å²) >= 11 is 7.18. The Labute approximate surface area is 252 Å². The molecule has 0 N–H and O–H groups in total. The molecular weight excluding hydrogens is 544 g/mol. The predicted octanol–water partition coefficient (Wildman–Crippen LogP) is 10.5. The van der Waals surface area contributed by atoms with Crippen molar-refractivity contribution in [3.05, 3.63) is 64.2 Å². The van der Waals surface area contributed by atoms with Gasteiger partial charge < -0.3 is 9.16 Å². The van der Waals surface area contributed by atoms with Crippen LogP contribution in [0, 0.1) is 24.7 Å². The monoisotopic (exact) mass is 588 g/mol. The van der Waals surface area contributed by atoms with Gasteiger partial charge in [-0.25, -0.2) is 4.79 Å². The van der Waals surface area contributed by atoms with E-state index in [-0.39, 0.29) is 16.4 Å². The molecule has 0 heterocycles. The van der Waals surface area contributed by atoms with Crippen LogP contribution in [-0.2, 0) is 10.2 Å². The summed E-state index contributed by atoms with van der Waals surface area (Å²) in [6.07, 6.45) is 8.12. The molecule has 4 aliphatic rings. The lowest BCUT2D eigenvalue weighted by atomic mass is 9.48. The van der Waals surface area contributed by atoms with Crippen molar-refractivity contribution in [2.75, 3.05) is 6.61 Å². The minimum absolute atomic E-state index is 0.127. The highest BCUT2D eigenvalue weighted by atomic mass is 35.5. The average molecular weight is 589 g/mol. The summed E-state index contributed by atoms with van der Waals surface area (Å²) in [5.41, 5.74) is 5.61. The average Bonchev–Trinajstić information content (AvgIpc) is 2.87. The predicted molar refractivity (Wildman–Crippen MR) is 173 cm³/mol. The smallest absolute Gasteiger partial charge is 0.338 e. The zero-order valence-electron chi connectivity index (χ0n) is 25.8. The maximum absolute atomic E-state index is 12.3. The summed E-state index contributed by atoms with van der Waals surface area (Å²) in [5, 5.41) is 2.76. The van der Waals surface area contributed by atoms with Gasteiger partial charge in [0.15, 0.2) is 0 Å². The largest absolute Gasteiger partial charge is 0.543 e. The lowest BCUT2D eigenvalue weighted by Crippen LogP contribution is -2.49. The van der Waals surface area contributed by atoms with Crippen LogP contribution in [0.25, 0.3) is 21.9 Å². The van der Waals surface area contributed by atoms with E-state index in [1.807, 2.05) is 25.1 Å². The topological polar surface area (TPSA) is 35.5 Å². The van der Waals surface area contributed by atoms with E-state index in [1.165, 1.54) is 55.2 Å². The van der Waals surface area contributed by atoms with Gasteiger partial charge in [-0.1, -0.05) is 50.6 Å². The third-order valence-corrected chi connectivity index (χ3v) is 15.6. The van der Waals surface area contributed by atoms with Crippen LogP contribution in [0.5, 0.6) is 5.75 Å². The Balaban J connectivity index is 1.49. The van der Waals surface area contributed by atoms with E-state index in [0.717, 1.165) is 44.9 Å². The fourth-order valence-electron chi connectivity index (χ4n) is 8.18. The van der Waals surface area contributed by atoms with E-state index in [2.05, 4.69) is 65.1 Å². The first-order chi connectivity index (χ1) is 19.3. The number of hydrogen-bond donors (Lipinski definition) is 0. The molecule has 7 rings (SSSR count). The summed E-state index contributed by atoms with van der Waals surface area (Å²) in [6, 6.07) is 14.7. The number of ether oxygens (including phenoxy) is 1. The zero-order chi connectivity index (χ0) is 29.3. The molecule has 218 valence electrons. The summed E-state index contributed by atoms with van der Waals surface area (Å²) in [7, 11) is -2.04. The van der Waals surface area contributed by atoms with Crippen molar-refractivity contribution in [3.8, 4) is 16.9 Å². The van der Waals surface area contributed by atoms with E-state index >= 15 is 0 Å². The minimum Gasteiger partial charge on any atom is -0.543 e. The van der Waals surface area contributed by atoms with Gasteiger partial charge >= 0.3 is 5.97 Å². The molecule has 0 aliphatic heterocycles. The number of aryl methyl sites for hydroxylation is 1. The highest BCUT2D eigenvalue weighted by Gasteiger charge is 2.53. The molecule has 41 heavy (non-hydrogen) atoms. The molecule has 3 aromatic rings. The number of fused-ring (bicyclic) bond motifs is 1. The van der Waals surface area contributed by atoms with Crippen molar-refractivity contribution in [2.24, 2.45) is 17.8 Å². The Kier molecular flexibility index (Phi) is 7.13. The normalized spacial score (nSPS) is 25.5. The van der Waals surface area contributed by atoms with Gasteiger partial charge in [0.05, 0.1) is 17.2 Å². The molecular formula is C36H45ClO3Si. The maximum atomic E-state index is 12.3. The number of hydrogen-bond acceptors (Lipinski definition) is 3. The molecule has 0 aromatic heterocycles. The Morgan fingerprint density at radius 1 is 0.951 bits per heavy atom. The number of esters is 1. The molecule has 4 bridgehead atoms. The molecule has 5 heteroatoms. The SMILES string of the molecule is CCOC(=O)c1ccc2c(Cl)c(-c3cc(C45CC6CC(CC(C6)C4)C5)c(O[Si](C)(C)C(C)(C)C)cc3C)ccc2c1. The van der Waals surface area contributed by atoms with Crippen LogP contribution in [0.4, 0.5) is 0 Å². The van der Waals surface area contributed by atoms with Gasteiger partial charge in [0.2, 0.25) is 8.32 Å². The Morgan fingerprint density at radius 2 is 1.59 bits per heavy atom. The third kappa shape index (κ3) is 5.03. The van der Waals surface area contributed by atoms with Gasteiger partial charge in [0.1, 0.15) is 5.75 Å². The third-order valence-electron chi connectivity index (χ3n) is 10.9. The van der Waals surface area contributed by atoms with Crippen LogP contribution >= 0.6 is 11.6 Å². The van der Waals surface area contributed by atoms with Gasteiger partial charge in [-0.3, -0.25) is 0 Å². The number of rotatable bonds is 6. The summed E-state index contributed by atoms with van der Waals surface area (Å²) in [4.78, 5) is 12.3. The molecule has 4 fully saturated rings. The van der Waals surface area contributed by atoms with Crippen molar-refractivity contribution < 1.29 is 14.0 Å². The molecule has 0 unspecified atom stereocenters. The van der Waals surface area contributed by atoms with Crippen molar-refractivity contribution >= 4 is 36.7 Å². The molecule has 4 aliphatic carbocycles. The van der Waals surface area contributed by atoms with Crippen LogP contribution in [0.1, 0.15) is 87.7 Å². The van der Waals surface area contributed by atoms with Crippen molar-refractivity contribution in [2.45, 2.75) is 96.7 Å². The Bertz CT molecular complexity index is 1480. The molecule has 4 saturated carbocycles. The first-order valence-electron chi connectivity index (χ1n) is 15.5. The second-order valence-electron chi connectivity index (χ2n) is 14.8. The molecule has 0 spiro atoms. The fraction of sp³-hybridized carbons (Fsp3) is 0.528. The van der Waals surface area contributed by atoms with Crippen LogP contribution in [0.3, 0.4) is 0 Å². The minimum atomic E-state index is -2.04. The number of carbonyl (C=O) groups excluding carboxylic acids is 1. The molecule has 0 amide bonds. The number of halogens is 1. The van der Waals surface area contributed by atoms with Crippen molar-refractivity contribution in [1.82, 2.24) is 0 Å². The van der Waals surface area contributed by atoms with E-state index in [9.17, 15) is 4.79 Å². The molecule has 0 atom stereocenters. The lowest BCUT2D eigenvalue weighted by molar-refractivity contribution is -0.00585. The van der Waals surface area contributed by atoms with Crippen LogP contribution in [-0.4, -0.2) is 20.9 Å². The van der Waals surface area contributed by atoms with E-state index in [0.29, 0.717) is 12.2 Å². The summed E-state index contributed by atoms with van der Waals surface area (Å²) < 4.78 is 12.4. The van der Waals surface area contributed by atoms with Crippen LogP contribution < -0.4 is 4.43 Å². The molecule has 3 aromatic carbocycles. The Morgan fingerprint density at radius 3 is 2.17 bits per heavy atom. The highest BCUT2D eigenvalue weighted by Crippen LogP contribution is 2.62. The van der Waals surface area contributed by atoms with Gasteiger partial charge in [-0.2, -0.15) is 0 Å². The number of benzene rings is 3. The standard InChI is InChI=1S/C36H45ClO3Si/c1-8-39-34(38)27-10-11-28-26(17-27)9-12-29(33(28)37)30-18-31(32(13-22(30)2)40-41(6,7)35(3,4)5)36-19-23-14-24(20-36)16-25(15-23)21-36/h9-13,17-18,23-25H,8,14-16,19-21H2,1-7H3. The van der Waals surface area contributed by atoms with Gasteiger partial charge in [0, 0.05) is 10.9 Å². The van der Waals surface area contributed by atoms with Gasteiger partial charge in [0.25, 0.3) is 0 Å². The van der Waals surface area contributed by atoms with E-state index in [4.69, 9.17) is 20.8 Å². The zero-order valence-corrected chi connectivity index (χ0v) is 27.6. The van der Waals surface area contributed by atoms with E-state index in [1.54, 1.807) is 0 Å². The summed E-state index contributed by atoms with van der Waals surface area (Å²) in [6.45, 7) is 16.1. The molecule has 0 saturated heterocycles. The highest BCUT2D eigenvalue weighted by molar-refractivity contribution is 6.74. The van der Waals surface area contributed by atoms with Crippen LogP contribution in [0.2, 0.25) is 23.2 Å². The van der Waals surface area contributed by atoms with E-state index < -0.39 is 8.32 Å². The maximum Gasteiger partial charge on any atom is 0.338 e. The Hall–Kier alpha value is -2.30. The van der Waals surface area contributed by atoms with Gasteiger partial charge in [-0.05, 0) is 140 Å². The second-order valence-corrected chi connectivity index (χ2v) is 19.9. The lowest BCUT2D eigenvalue weighted by Gasteiger charge is -2.57. The first-order valence-corrected chi connectivity index (χ1v) is 18.8. The van der Waals surface area contributed by atoms with Crippen molar-refractivity contribution in [1.29, 1.82) is 0 Å². The first kappa shape index (κ1) is 28.8. The summed E-state index contributed by atoms with van der Waals surface area (Å²) in [5.74, 6) is 3.37. The second kappa shape index (κ2) is 10.2.